The van der Waals surface area contributed by atoms with Crippen molar-refractivity contribution >= 4 is 30.0 Å². The first kappa shape index (κ1) is 46.2. The molecule has 0 saturated carbocycles. The second-order valence-electron chi connectivity index (χ2n) is 8.53. The maximum Gasteiger partial charge on any atom is 0.508 e. The van der Waals surface area contributed by atoms with Gasteiger partial charge in [0.05, 0.1) is 35.5 Å². The normalized spacial score (nSPS) is 12.1. The molecule has 0 aliphatic heterocycles. The van der Waals surface area contributed by atoms with Crippen molar-refractivity contribution in [1.29, 1.82) is 0 Å². The monoisotopic (exact) mass is 658 g/mol. The minimum absolute atomic E-state index is 0.229. The first-order chi connectivity index (χ1) is 22.6. The summed E-state index contributed by atoms with van der Waals surface area (Å²) in [4.78, 5) is 56.1. The smallest absolute Gasteiger partial charge is 0.468 e. The molecule has 0 aromatic carbocycles. The number of carbonyl (C=O) groups is 5. The number of carbonyl (C=O) groups excluding carboxylic acids is 5. The molecule has 0 aliphatic rings. The zero-order valence-corrected chi connectivity index (χ0v) is 28.7. The third kappa shape index (κ3) is 25.8. The van der Waals surface area contributed by atoms with E-state index >= 15 is 0 Å². The Bertz CT molecular complexity index is 1120. The van der Waals surface area contributed by atoms with Gasteiger partial charge >= 0.3 is 30.0 Å². The van der Waals surface area contributed by atoms with Crippen LogP contribution in [-0.4, -0.2) is 72.2 Å². The van der Waals surface area contributed by atoms with Crippen LogP contribution in [0.25, 0.3) is 0 Å². The first-order valence-electron chi connectivity index (χ1n) is 14.4. The molecule has 0 rings (SSSR count). The molecule has 260 valence electrons. The SMILES string of the molecule is C/C=C/C=C/C=C/CC(C(=O)OC)C(=O)OC.C/C=C/C=C/C=C/COC(=O)OC.C=CC(/C=C/C=C/C)C(C(=O)OC)C(=O)OC. The zero-order chi connectivity index (χ0) is 36.3. The van der Waals surface area contributed by atoms with Gasteiger partial charge in [0, 0.05) is 5.92 Å². The van der Waals surface area contributed by atoms with E-state index in [-0.39, 0.29) is 13.0 Å². The number of hydrogen-bond acceptors (Lipinski definition) is 11. The van der Waals surface area contributed by atoms with E-state index in [1.165, 1.54) is 41.6 Å². The number of rotatable bonds is 16. The highest BCUT2D eigenvalue weighted by atomic mass is 16.7. The summed E-state index contributed by atoms with van der Waals surface area (Å²) >= 11 is 0. The van der Waals surface area contributed by atoms with Gasteiger partial charge in [-0.25, -0.2) is 4.79 Å². The maximum absolute atomic E-state index is 11.5. The summed E-state index contributed by atoms with van der Waals surface area (Å²) < 4.78 is 27.1. The Labute approximate surface area is 279 Å². The van der Waals surface area contributed by atoms with Gasteiger partial charge in [-0.1, -0.05) is 97.2 Å². The Kier molecular flexibility index (Phi) is 33.1. The van der Waals surface area contributed by atoms with Crippen LogP contribution < -0.4 is 0 Å². The fourth-order valence-corrected chi connectivity index (χ4v) is 2.95. The molecule has 0 fully saturated rings. The Morgan fingerprint density at radius 2 is 0.979 bits per heavy atom. The molecule has 0 spiro atoms. The van der Waals surface area contributed by atoms with Crippen LogP contribution in [0.5, 0.6) is 0 Å². The lowest BCUT2D eigenvalue weighted by atomic mass is 9.92. The molecule has 0 amide bonds. The van der Waals surface area contributed by atoms with Gasteiger partial charge in [0.15, 0.2) is 11.8 Å². The summed E-state index contributed by atoms with van der Waals surface area (Å²) in [5.41, 5.74) is 0. The summed E-state index contributed by atoms with van der Waals surface area (Å²) in [6.45, 7) is 9.55. The number of hydrogen-bond donors (Lipinski definition) is 0. The predicted octanol–water partition coefficient (Wildman–Crippen LogP) is 6.37. The Morgan fingerprint density at radius 3 is 1.38 bits per heavy atom. The average Bonchev–Trinajstić information content (AvgIpc) is 3.09. The van der Waals surface area contributed by atoms with Gasteiger partial charge in [-0.3, -0.25) is 19.2 Å². The lowest BCUT2D eigenvalue weighted by Gasteiger charge is -2.17. The third-order valence-corrected chi connectivity index (χ3v) is 5.34. The number of allylic oxidation sites excluding steroid dienone is 16. The van der Waals surface area contributed by atoms with Crippen LogP contribution >= 0.6 is 0 Å². The Hall–Kier alpha value is -5.19. The second-order valence-corrected chi connectivity index (χ2v) is 8.53. The predicted molar refractivity (Wildman–Crippen MR) is 182 cm³/mol. The van der Waals surface area contributed by atoms with Gasteiger partial charge in [0.1, 0.15) is 6.61 Å². The highest BCUT2D eigenvalue weighted by Crippen LogP contribution is 2.18. The van der Waals surface area contributed by atoms with Crippen molar-refractivity contribution in [2.75, 3.05) is 42.2 Å². The van der Waals surface area contributed by atoms with E-state index in [2.05, 4.69) is 35.0 Å². The molecule has 11 heteroatoms. The van der Waals surface area contributed by atoms with Crippen LogP contribution in [0.2, 0.25) is 0 Å². The molecular formula is C36H50O11. The minimum Gasteiger partial charge on any atom is -0.468 e. The summed E-state index contributed by atoms with van der Waals surface area (Å²) in [5.74, 6) is -4.79. The van der Waals surface area contributed by atoms with E-state index in [0.29, 0.717) is 0 Å². The van der Waals surface area contributed by atoms with Crippen molar-refractivity contribution in [3.63, 3.8) is 0 Å². The van der Waals surface area contributed by atoms with E-state index in [4.69, 9.17) is 0 Å². The fourth-order valence-electron chi connectivity index (χ4n) is 2.95. The van der Waals surface area contributed by atoms with Gasteiger partial charge in [-0.15, -0.1) is 6.58 Å². The van der Waals surface area contributed by atoms with Crippen molar-refractivity contribution < 1.29 is 52.4 Å². The lowest BCUT2D eigenvalue weighted by Crippen LogP contribution is -2.31. The molecule has 0 aliphatic carbocycles. The second kappa shape index (κ2) is 33.7. The van der Waals surface area contributed by atoms with Crippen molar-refractivity contribution in [1.82, 2.24) is 0 Å². The first-order valence-corrected chi connectivity index (χ1v) is 14.4. The molecule has 1 unspecified atom stereocenters. The molecule has 0 bridgehead atoms. The van der Waals surface area contributed by atoms with Gasteiger partial charge in [0.25, 0.3) is 0 Å². The lowest BCUT2D eigenvalue weighted by molar-refractivity contribution is -0.161. The minimum atomic E-state index is -1.01. The van der Waals surface area contributed by atoms with E-state index in [1.54, 1.807) is 42.5 Å². The van der Waals surface area contributed by atoms with Crippen LogP contribution in [0, 0.1) is 17.8 Å². The molecule has 0 saturated heterocycles. The Balaban J connectivity index is -0.000000625. The van der Waals surface area contributed by atoms with Gasteiger partial charge < -0.3 is 28.4 Å². The topological polar surface area (TPSA) is 141 Å². The molecule has 11 nitrogen and oxygen atoms in total. The van der Waals surface area contributed by atoms with Crippen LogP contribution in [0.15, 0.2) is 110 Å². The standard InChI is InChI=1S/2C13H18O4.C10H14O3/c1-5-7-8-9-10(6-2)11(12(14)16-3)13(15)17-4;1-4-5-6-7-8-9-10-11(12(14)16-2)13(15)17-3;1-3-4-5-6-7-8-9-13-10(11)12-2/h5-11H,2H2,1,3-4H3;4-9,11H,10H2,1-3H3;3-8H,9H2,1-2H3/b7-5+,9-8+;5-4+,7-6+,9-8+;4-3+,6-5+,8-7+. The van der Waals surface area contributed by atoms with Gasteiger partial charge in [0.2, 0.25) is 0 Å². The summed E-state index contributed by atoms with van der Waals surface area (Å²) in [7, 11) is 6.22. The number of ether oxygens (including phenoxy) is 6. The van der Waals surface area contributed by atoms with Crippen LogP contribution in [0.3, 0.4) is 0 Å². The quantitative estimate of drug-likeness (QED) is 0.0601. The fraction of sp³-hybridized carbons (Fsp3) is 0.361. The van der Waals surface area contributed by atoms with Crippen LogP contribution in [-0.2, 0) is 47.6 Å². The van der Waals surface area contributed by atoms with Gasteiger partial charge in [-0.05, 0) is 33.3 Å². The van der Waals surface area contributed by atoms with Crippen molar-refractivity contribution in [3.05, 3.63) is 110 Å². The van der Waals surface area contributed by atoms with E-state index < -0.39 is 47.8 Å². The van der Waals surface area contributed by atoms with Crippen LogP contribution in [0.4, 0.5) is 4.79 Å². The molecule has 0 N–H and O–H groups in total. The third-order valence-electron chi connectivity index (χ3n) is 5.34. The van der Waals surface area contributed by atoms with E-state index in [0.717, 1.165) is 0 Å². The number of methoxy groups -OCH3 is 5. The highest BCUT2D eigenvalue weighted by Gasteiger charge is 2.33. The Morgan fingerprint density at radius 1 is 0.553 bits per heavy atom. The summed E-state index contributed by atoms with van der Waals surface area (Å²) in [6, 6.07) is 0. The maximum atomic E-state index is 11.5. The average molecular weight is 659 g/mol. The molecular weight excluding hydrogens is 608 g/mol. The largest absolute Gasteiger partial charge is 0.508 e. The summed E-state index contributed by atoms with van der Waals surface area (Å²) in [5, 5.41) is 0. The van der Waals surface area contributed by atoms with Crippen molar-refractivity contribution in [2.45, 2.75) is 27.2 Å². The molecule has 47 heavy (non-hydrogen) atoms. The van der Waals surface area contributed by atoms with E-state index in [9.17, 15) is 24.0 Å². The molecule has 1 atom stereocenters. The van der Waals surface area contributed by atoms with Gasteiger partial charge in [-0.2, -0.15) is 0 Å². The van der Waals surface area contributed by atoms with Crippen LogP contribution in [0.1, 0.15) is 27.2 Å². The molecule has 0 aromatic rings. The van der Waals surface area contributed by atoms with Crippen molar-refractivity contribution in [3.8, 4) is 0 Å². The molecule has 0 aromatic heterocycles. The zero-order valence-electron chi connectivity index (χ0n) is 28.7. The molecule has 0 heterocycles. The molecule has 0 radical (unpaired) electrons. The highest BCUT2D eigenvalue weighted by molar-refractivity contribution is 5.96. The van der Waals surface area contributed by atoms with E-state index in [1.807, 2.05) is 75.5 Å². The summed E-state index contributed by atoms with van der Waals surface area (Å²) in [6.07, 6.45) is 30.2. The number of esters is 4. The van der Waals surface area contributed by atoms with Crippen molar-refractivity contribution in [2.24, 2.45) is 17.8 Å².